The van der Waals surface area contributed by atoms with Crippen LogP contribution in [0.4, 0.5) is 4.39 Å². The molecule has 1 aromatic carbocycles. The minimum Gasteiger partial charge on any atom is -0.493 e. The van der Waals surface area contributed by atoms with Gasteiger partial charge < -0.3 is 25.6 Å². The summed E-state index contributed by atoms with van der Waals surface area (Å²) in [7, 11) is 4.66. The molecule has 0 saturated heterocycles. The van der Waals surface area contributed by atoms with Gasteiger partial charge in [-0.3, -0.25) is 0 Å². The number of hydrogen-bond donors (Lipinski definition) is 3. The summed E-state index contributed by atoms with van der Waals surface area (Å²) in [4.78, 5) is 0. The fourth-order valence-electron chi connectivity index (χ4n) is 1.80. The fraction of sp³-hybridized carbons (Fsp3) is 0.538. The monoisotopic (exact) mass is 272 g/mol. The standard InChI is InChI=1S/C13H21FN2O3/c1-16-5-4-10(15)13(17)8-6-11(18-2)12(19-3)7-9(8)14/h6-7,10,13,16-17H,4-5,15H2,1-3H3. The third-order valence-corrected chi connectivity index (χ3v) is 2.95. The number of rotatable bonds is 7. The maximum Gasteiger partial charge on any atom is 0.163 e. The molecule has 6 heteroatoms. The highest BCUT2D eigenvalue weighted by atomic mass is 19.1. The van der Waals surface area contributed by atoms with Crippen molar-refractivity contribution in [1.29, 1.82) is 0 Å². The Morgan fingerprint density at radius 3 is 2.42 bits per heavy atom. The van der Waals surface area contributed by atoms with Gasteiger partial charge in [0.25, 0.3) is 0 Å². The van der Waals surface area contributed by atoms with E-state index in [1.54, 1.807) is 7.05 Å². The molecule has 4 N–H and O–H groups in total. The fourth-order valence-corrected chi connectivity index (χ4v) is 1.80. The zero-order valence-electron chi connectivity index (χ0n) is 11.4. The van der Waals surface area contributed by atoms with Crippen molar-refractivity contribution in [2.75, 3.05) is 27.8 Å². The second kappa shape index (κ2) is 7.28. The van der Waals surface area contributed by atoms with Crippen LogP contribution in [0.3, 0.4) is 0 Å². The number of aliphatic hydroxyl groups excluding tert-OH is 1. The van der Waals surface area contributed by atoms with Crippen LogP contribution in [0.5, 0.6) is 11.5 Å². The third kappa shape index (κ3) is 3.79. The van der Waals surface area contributed by atoms with Crippen LogP contribution in [-0.4, -0.2) is 39.0 Å². The number of ether oxygens (including phenoxy) is 2. The van der Waals surface area contributed by atoms with E-state index in [4.69, 9.17) is 15.2 Å². The summed E-state index contributed by atoms with van der Waals surface area (Å²) in [5.74, 6) is 0.0728. The third-order valence-electron chi connectivity index (χ3n) is 2.95. The predicted octanol–water partition coefficient (Wildman–Crippen LogP) is 0.813. The first-order valence-corrected chi connectivity index (χ1v) is 6.04. The van der Waals surface area contributed by atoms with Gasteiger partial charge in [0.1, 0.15) is 5.82 Å². The number of nitrogens with two attached hydrogens (primary N) is 1. The van der Waals surface area contributed by atoms with Crippen LogP contribution >= 0.6 is 0 Å². The van der Waals surface area contributed by atoms with Gasteiger partial charge in [-0.1, -0.05) is 0 Å². The first kappa shape index (κ1) is 15.7. The van der Waals surface area contributed by atoms with Crippen LogP contribution in [0.15, 0.2) is 12.1 Å². The molecule has 2 atom stereocenters. The summed E-state index contributed by atoms with van der Waals surface area (Å²) < 4.78 is 24.0. The van der Waals surface area contributed by atoms with Crippen molar-refractivity contribution in [3.63, 3.8) is 0 Å². The Kier molecular flexibility index (Phi) is 6.01. The van der Waals surface area contributed by atoms with Crippen molar-refractivity contribution in [3.05, 3.63) is 23.5 Å². The molecular weight excluding hydrogens is 251 g/mol. The Labute approximate surface area is 112 Å². The molecule has 0 bridgehead atoms. The van der Waals surface area contributed by atoms with Gasteiger partial charge in [-0.2, -0.15) is 0 Å². The molecule has 0 heterocycles. The minimum atomic E-state index is -1.09. The van der Waals surface area contributed by atoms with E-state index in [0.29, 0.717) is 18.7 Å². The molecule has 2 unspecified atom stereocenters. The van der Waals surface area contributed by atoms with Crippen LogP contribution in [0.25, 0.3) is 0 Å². The predicted molar refractivity (Wildman–Crippen MR) is 71.0 cm³/mol. The number of halogens is 1. The average Bonchev–Trinajstić information content (AvgIpc) is 2.43. The quantitative estimate of drug-likeness (QED) is 0.685. The Hall–Kier alpha value is -1.37. The first-order chi connectivity index (χ1) is 9.04. The van der Waals surface area contributed by atoms with E-state index in [2.05, 4.69) is 5.32 Å². The van der Waals surface area contributed by atoms with Gasteiger partial charge in [0, 0.05) is 17.7 Å². The highest BCUT2D eigenvalue weighted by Crippen LogP contribution is 2.33. The number of hydrogen-bond acceptors (Lipinski definition) is 5. The average molecular weight is 272 g/mol. The van der Waals surface area contributed by atoms with Gasteiger partial charge in [-0.05, 0) is 26.1 Å². The van der Waals surface area contributed by atoms with E-state index in [0.717, 1.165) is 0 Å². The number of benzene rings is 1. The topological polar surface area (TPSA) is 76.7 Å². The van der Waals surface area contributed by atoms with E-state index in [1.165, 1.54) is 26.4 Å². The zero-order chi connectivity index (χ0) is 14.4. The zero-order valence-corrected chi connectivity index (χ0v) is 11.4. The molecule has 5 nitrogen and oxygen atoms in total. The lowest BCUT2D eigenvalue weighted by molar-refractivity contribution is 0.137. The molecule has 1 rings (SSSR count). The van der Waals surface area contributed by atoms with Crippen LogP contribution in [0.2, 0.25) is 0 Å². The summed E-state index contributed by atoms with van der Waals surface area (Å²) in [5.41, 5.74) is 5.95. The van der Waals surface area contributed by atoms with Crippen molar-refractivity contribution < 1.29 is 19.0 Å². The van der Waals surface area contributed by atoms with E-state index < -0.39 is 18.0 Å². The molecule has 0 fully saturated rings. The maximum absolute atomic E-state index is 13.9. The van der Waals surface area contributed by atoms with Crippen LogP contribution in [0, 0.1) is 5.82 Å². The second-order valence-corrected chi connectivity index (χ2v) is 4.23. The van der Waals surface area contributed by atoms with Gasteiger partial charge in [-0.25, -0.2) is 4.39 Å². The van der Waals surface area contributed by atoms with Crippen molar-refractivity contribution in [2.45, 2.75) is 18.6 Å². The van der Waals surface area contributed by atoms with Crippen LogP contribution in [-0.2, 0) is 0 Å². The van der Waals surface area contributed by atoms with Crippen molar-refractivity contribution in [2.24, 2.45) is 5.73 Å². The van der Waals surface area contributed by atoms with Crippen molar-refractivity contribution >= 4 is 0 Å². The Bertz CT molecular complexity index is 415. The first-order valence-electron chi connectivity index (χ1n) is 6.04. The van der Waals surface area contributed by atoms with Gasteiger partial charge in [-0.15, -0.1) is 0 Å². The summed E-state index contributed by atoms with van der Waals surface area (Å²) in [6.45, 7) is 0.646. The molecule has 0 spiro atoms. The van der Waals surface area contributed by atoms with Crippen molar-refractivity contribution in [3.8, 4) is 11.5 Å². The SMILES string of the molecule is CNCCC(N)C(O)c1cc(OC)c(OC)cc1F. The van der Waals surface area contributed by atoms with E-state index >= 15 is 0 Å². The molecule has 0 aromatic heterocycles. The Morgan fingerprint density at radius 1 is 1.32 bits per heavy atom. The van der Waals surface area contributed by atoms with Crippen LogP contribution in [0.1, 0.15) is 18.1 Å². The molecule has 19 heavy (non-hydrogen) atoms. The molecule has 0 aliphatic carbocycles. The van der Waals surface area contributed by atoms with Crippen molar-refractivity contribution in [1.82, 2.24) is 5.32 Å². The van der Waals surface area contributed by atoms with Gasteiger partial charge in [0.05, 0.1) is 20.3 Å². The Balaban J connectivity index is 2.99. The van der Waals surface area contributed by atoms with Gasteiger partial charge >= 0.3 is 0 Å². The lowest BCUT2D eigenvalue weighted by atomic mass is 9.99. The summed E-state index contributed by atoms with van der Waals surface area (Å²) in [6, 6.07) is 2.04. The lowest BCUT2D eigenvalue weighted by Gasteiger charge is -2.21. The molecule has 0 aliphatic rings. The van der Waals surface area contributed by atoms with E-state index in [9.17, 15) is 9.50 Å². The number of methoxy groups -OCH3 is 2. The number of nitrogens with one attached hydrogen (secondary N) is 1. The maximum atomic E-state index is 13.9. The highest BCUT2D eigenvalue weighted by Gasteiger charge is 2.22. The Morgan fingerprint density at radius 2 is 1.89 bits per heavy atom. The summed E-state index contributed by atoms with van der Waals surface area (Å²) >= 11 is 0. The highest BCUT2D eigenvalue weighted by molar-refractivity contribution is 5.44. The minimum absolute atomic E-state index is 0.112. The molecule has 0 radical (unpaired) electrons. The lowest BCUT2D eigenvalue weighted by Crippen LogP contribution is -2.32. The molecule has 108 valence electrons. The van der Waals surface area contributed by atoms with Crippen LogP contribution < -0.4 is 20.5 Å². The molecule has 1 aromatic rings. The number of aliphatic hydroxyl groups is 1. The molecule has 0 saturated carbocycles. The summed E-state index contributed by atoms with van der Waals surface area (Å²) in [6.07, 6.45) is -0.556. The smallest absolute Gasteiger partial charge is 0.163 e. The normalized spacial score (nSPS) is 14.0. The largest absolute Gasteiger partial charge is 0.493 e. The van der Waals surface area contributed by atoms with E-state index in [1.807, 2.05) is 0 Å². The molecular formula is C13H21FN2O3. The van der Waals surface area contributed by atoms with Gasteiger partial charge in [0.15, 0.2) is 11.5 Å². The second-order valence-electron chi connectivity index (χ2n) is 4.23. The van der Waals surface area contributed by atoms with Gasteiger partial charge in [0.2, 0.25) is 0 Å². The molecule has 0 amide bonds. The summed E-state index contributed by atoms with van der Waals surface area (Å²) in [5, 5.41) is 13.0. The molecule has 0 aliphatic heterocycles. The van der Waals surface area contributed by atoms with E-state index in [-0.39, 0.29) is 11.3 Å².